The van der Waals surface area contributed by atoms with Crippen molar-refractivity contribution in [1.29, 1.82) is 0 Å². The van der Waals surface area contributed by atoms with Crippen LogP contribution in [-0.2, 0) is 13.3 Å². The summed E-state index contributed by atoms with van der Waals surface area (Å²) in [6.45, 7) is 7.66. The van der Waals surface area contributed by atoms with E-state index in [1.807, 2.05) is 20.8 Å². The van der Waals surface area contributed by atoms with Gasteiger partial charge in [-0.2, -0.15) is 0 Å². The minimum Gasteiger partial charge on any atom is -0.370 e. The van der Waals surface area contributed by atoms with E-state index in [2.05, 4.69) is 54.6 Å². The predicted molar refractivity (Wildman–Crippen MR) is 102 cm³/mol. The summed E-state index contributed by atoms with van der Waals surface area (Å²) in [6, 6.07) is 19.1. The third kappa shape index (κ3) is 3.10. The zero-order chi connectivity index (χ0) is 17.0. The molecule has 0 N–H and O–H groups in total. The van der Waals surface area contributed by atoms with E-state index in [9.17, 15) is 0 Å². The van der Waals surface area contributed by atoms with Gasteiger partial charge in [0.1, 0.15) is 0 Å². The molecule has 0 heterocycles. The van der Waals surface area contributed by atoms with Gasteiger partial charge in [-0.05, 0) is 54.4 Å². The van der Waals surface area contributed by atoms with E-state index in [0.717, 1.165) is 10.6 Å². The fourth-order valence-electron chi connectivity index (χ4n) is 3.16. The Balaban J connectivity index is 2.27. The highest BCUT2D eigenvalue weighted by Crippen LogP contribution is 2.24. The Morgan fingerprint density at radius 1 is 0.667 bits per heavy atom. The number of benzene rings is 3. The number of hydrogen-bond donors (Lipinski definition) is 0. The second kappa shape index (κ2) is 7.45. The van der Waals surface area contributed by atoms with Gasteiger partial charge in [0, 0.05) is 25.0 Å². The fourth-order valence-corrected chi connectivity index (χ4v) is 5.87. The summed E-state index contributed by atoms with van der Waals surface area (Å²) in [6.07, 6.45) is 0. The molecule has 0 radical (unpaired) electrons. The zero-order valence-electron chi connectivity index (χ0n) is 14.5. The Kier molecular flexibility index (Phi) is 5.31. The largest absolute Gasteiger partial charge is 0.537 e. The first-order valence-electron chi connectivity index (χ1n) is 8.58. The summed E-state index contributed by atoms with van der Waals surface area (Å²) in [7, 11) is -2.92. The Hall–Kier alpha value is -1.72. The average Bonchev–Trinajstić information content (AvgIpc) is 2.60. The van der Waals surface area contributed by atoms with Crippen LogP contribution in [0.25, 0.3) is 21.5 Å². The van der Waals surface area contributed by atoms with Crippen LogP contribution in [0.1, 0.15) is 20.8 Å². The van der Waals surface area contributed by atoms with E-state index in [0.29, 0.717) is 19.8 Å². The van der Waals surface area contributed by atoms with Crippen molar-refractivity contribution in [2.45, 2.75) is 20.8 Å². The summed E-state index contributed by atoms with van der Waals surface area (Å²) in [5, 5.41) is 5.83. The standard InChI is InChI=1S/C20H24O3Si/c1-4-21-24(22-5-2,23-6-3)20-13-9-12-18-14-16-10-7-8-11-17(16)15-19(18)20/h7-15H,4-6H2,1-3H3. The van der Waals surface area contributed by atoms with Crippen LogP contribution in [-0.4, -0.2) is 28.6 Å². The molecule has 0 atom stereocenters. The van der Waals surface area contributed by atoms with Crippen LogP contribution in [0.3, 0.4) is 0 Å². The molecule has 0 saturated carbocycles. The second-order valence-corrected chi connectivity index (χ2v) is 8.10. The Bertz CT molecular complexity index is 814. The average molecular weight is 340 g/mol. The van der Waals surface area contributed by atoms with E-state index in [1.54, 1.807) is 0 Å². The van der Waals surface area contributed by atoms with Crippen LogP contribution in [0.4, 0.5) is 0 Å². The van der Waals surface area contributed by atoms with Crippen molar-refractivity contribution in [3.8, 4) is 0 Å². The van der Waals surface area contributed by atoms with Crippen molar-refractivity contribution in [3.05, 3.63) is 54.6 Å². The van der Waals surface area contributed by atoms with Gasteiger partial charge in [-0.25, -0.2) is 0 Å². The Labute approximate surface area is 144 Å². The molecular formula is C20H24O3Si. The molecule has 0 spiro atoms. The lowest BCUT2D eigenvalue weighted by atomic mass is 10.0. The van der Waals surface area contributed by atoms with Crippen molar-refractivity contribution >= 4 is 35.5 Å². The van der Waals surface area contributed by atoms with Gasteiger partial charge in [-0.3, -0.25) is 0 Å². The molecule has 0 aliphatic heterocycles. The maximum absolute atomic E-state index is 6.11. The molecule has 0 aromatic heterocycles. The molecular weight excluding hydrogens is 316 g/mol. The molecule has 4 heteroatoms. The molecule has 0 bridgehead atoms. The van der Waals surface area contributed by atoms with E-state index >= 15 is 0 Å². The lowest BCUT2D eigenvalue weighted by Crippen LogP contribution is -2.57. The van der Waals surface area contributed by atoms with Crippen LogP contribution < -0.4 is 5.19 Å². The van der Waals surface area contributed by atoms with E-state index in [4.69, 9.17) is 13.3 Å². The van der Waals surface area contributed by atoms with Gasteiger partial charge in [0.05, 0.1) is 0 Å². The molecule has 3 aromatic carbocycles. The van der Waals surface area contributed by atoms with Crippen LogP contribution in [0.5, 0.6) is 0 Å². The lowest BCUT2D eigenvalue weighted by molar-refractivity contribution is 0.0862. The number of rotatable bonds is 7. The van der Waals surface area contributed by atoms with Crippen molar-refractivity contribution in [2.24, 2.45) is 0 Å². The zero-order valence-corrected chi connectivity index (χ0v) is 15.5. The Morgan fingerprint density at radius 3 is 1.79 bits per heavy atom. The Morgan fingerprint density at radius 2 is 1.21 bits per heavy atom. The summed E-state index contributed by atoms with van der Waals surface area (Å²) in [5.74, 6) is 0. The summed E-state index contributed by atoms with van der Waals surface area (Å²) >= 11 is 0. The van der Waals surface area contributed by atoms with Gasteiger partial charge in [-0.1, -0.05) is 42.5 Å². The molecule has 0 amide bonds. The summed E-state index contributed by atoms with van der Waals surface area (Å²) in [4.78, 5) is 0. The summed E-state index contributed by atoms with van der Waals surface area (Å²) < 4.78 is 18.3. The quantitative estimate of drug-likeness (QED) is 0.475. The van der Waals surface area contributed by atoms with Crippen LogP contribution in [0, 0.1) is 0 Å². The van der Waals surface area contributed by atoms with Crippen molar-refractivity contribution in [2.75, 3.05) is 19.8 Å². The third-order valence-corrected chi connectivity index (χ3v) is 7.18. The monoisotopic (exact) mass is 340 g/mol. The first kappa shape index (κ1) is 17.1. The smallest absolute Gasteiger partial charge is 0.370 e. The van der Waals surface area contributed by atoms with Crippen LogP contribution in [0.2, 0.25) is 0 Å². The van der Waals surface area contributed by atoms with Crippen molar-refractivity contribution < 1.29 is 13.3 Å². The normalized spacial score (nSPS) is 12.1. The van der Waals surface area contributed by atoms with E-state index < -0.39 is 8.80 Å². The van der Waals surface area contributed by atoms with Gasteiger partial charge in [-0.15, -0.1) is 0 Å². The maximum atomic E-state index is 6.11. The summed E-state index contributed by atoms with van der Waals surface area (Å²) in [5.41, 5.74) is 0. The minimum atomic E-state index is -2.92. The van der Waals surface area contributed by atoms with E-state index in [-0.39, 0.29) is 0 Å². The highest BCUT2D eigenvalue weighted by molar-refractivity contribution is 6.77. The van der Waals surface area contributed by atoms with Gasteiger partial charge in [0.15, 0.2) is 0 Å². The molecule has 0 unspecified atom stereocenters. The topological polar surface area (TPSA) is 27.7 Å². The fraction of sp³-hybridized carbons (Fsp3) is 0.300. The van der Waals surface area contributed by atoms with E-state index in [1.165, 1.54) is 16.2 Å². The molecule has 126 valence electrons. The minimum absolute atomic E-state index is 0.566. The second-order valence-electron chi connectivity index (χ2n) is 5.58. The first-order chi connectivity index (χ1) is 11.7. The SMILES string of the molecule is CCO[Si](OCC)(OCC)c1cccc2cc3ccccc3cc12. The lowest BCUT2D eigenvalue weighted by Gasteiger charge is -2.29. The van der Waals surface area contributed by atoms with Gasteiger partial charge >= 0.3 is 8.80 Å². The highest BCUT2D eigenvalue weighted by atomic mass is 28.4. The predicted octanol–water partition coefficient (Wildman–Crippen LogP) is 4.25. The molecule has 0 aliphatic rings. The van der Waals surface area contributed by atoms with Gasteiger partial charge < -0.3 is 13.3 Å². The van der Waals surface area contributed by atoms with Crippen molar-refractivity contribution in [1.82, 2.24) is 0 Å². The molecule has 3 nitrogen and oxygen atoms in total. The molecule has 3 rings (SSSR count). The maximum Gasteiger partial charge on any atom is 0.537 e. The highest BCUT2D eigenvalue weighted by Gasteiger charge is 2.44. The number of fused-ring (bicyclic) bond motifs is 2. The molecule has 0 saturated heterocycles. The van der Waals surface area contributed by atoms with Gasteiger partial charge in [0.2, 0.25) is 0 Å². The van der Waals surface area contributed by atoms with Crippen LogP contribution in [0.15, 0.2) is 54.6 Å². The van der Waals surface area contributed by atoms with Crippen LogP contribution >= 0.6 is 0 Å². The molecule has 0 aliphatic carbocycles. The first-order valence-corrected chi connectivity index (χ1v) is 10.3. The number of hydrogen-bond acceptors (Lipinski definition) is 3. The molecule has 3 aromatic rings. The third-order valence-electron chi connectivity index (χ3n) is 4.08. The van der Waals surface area contributed by atoms with Gasteiger partial charge in [0.25, 0.3) is 0 Å². The molecule has 0 fully saturated rings. The van der Waals surface area contributed by atoms with Crippen molar-refractivity contribution in [3.63, 3.8) is 0 Å². The molecule has 24 heavy (non-hydrogen) atoms.